The van der Waals surface area contributed by atoms with E-state index in [4.69, 9.17) is 0 Å². The van der Waals surface area contributed by atoms with Crippen LogP contribution in [0.4, 0.5) is 0 Å². The average molecular weight is 486 g/mol. The third-order valence-electron chi connectivity index (χ3n) is 7.31. The second kappa shape index (κ2) is 9.50. The van der Waals surface area contributed by atoms with E-state index < -0.39 is 21.3 Å². The molecule has 1 saturated heterocycles. The Labute approximate surface area is 198 Å². The van der Waals surface area contributed by atoms with Gasteiger partial charge in [0.2, 0.25) is 10.0 Å². The number of aromatic nitrogens is 4. The highest BCUT2D eigenvalue weighted by Gasteiger charge is 2.30. The maximum atomic E-state index is 12.9. The van der Waals surface area contributed by atoms with Crippen molar-refractivity contribution in [2.24, 2.45) is 11.8 Å². The Kier molecular flexibility index (Phi) is 6.44. The zero-order valence-corrected chi connectivity index (χ0v) is 20.0. The van der Waals surface area contributed by atoms with E-state index >= 15 is 0 Å². The standard InChI is InChI=1S/C24H31N5O4S/c30-23-9-12-28(24(31)26-23)22-16-25-29-13-8-20(15-21(22)29)14-18-6-10-27(11-7-18)34(32,33)17-19-4-2-1-3-5-19/h8-9,12-13,15-16,18-19H,1-7,10-11,14,17H2,(H,26,30,31). The molecule has 0 spiro atoms. The van der Waals surface area contributed by atoms with Crippen molar-refractivity contribution < 1.29 is 8.42 Å². The summed E-state index contributed by atoms with van der Waals surface area (Å²) in [5.41, 5.74) is 1.56. The van der Waals surface area contributed by atoms with Crippen molar-refractivity contribution in [2.75, 3.05) is 18.8 Å². The highest BCUT2D eigenvalue weighted by molar-refractivity contribution is 7.89. The van der Waals surface area contributed by atoms with E-state index in [2.05, 4.69) is 10.1 Å². The first-order valence-corrected chi connectivity index (χ1v) is 13.8. The largest absolute Gasteiger partial charge is 0.333 e. The zero-order valence-electron chi connectivity index (χ0n) is 19.2. The summed E-state index contributed by atoms with van der Waals surface area (Å²) in [5.74, 6) is 1.04. The number of hydrogen-bond donors (Lipinski definition) is 1. The molecule has 2 aliphatic rings. The number of nitrogens with one attached hydrogen (secondary N) is 1. The van der Waals surface area contributed by atoms with Gasteiger partial charge in [0.15, 0.2) is 0 Å². The number of pyridine rings is 1. The molecular weight excluding hydrogens is 454 g/mol. The average Bonchev–Trinajstić information content (AvgIpc) is 3.23. The van der Waals surface area contributed by atoms with Crippen molar-refractivity contribution in [1.82, 2.24) is 23.5 Å². The number of fused-ring (bicyclic) bond motifs is 1. The second-order valence-corrected chi connectivity index (χ2v) is 11.7. The van der Waals surface area contributed by atoms with Gasteiger partial charge in [0, 0.05) is 31.5 Å². The van der Waals surface area contributed by atoms with Crippen LogP contribution in [0.3, 0.4) is 0 Å². The molecule has 1 N–H and O–H groups in total. The van der Waals surface area contributed by atoms with E-state index in [0.29, 0.717) is 36.4 Å². The van der Waals surface area contributed by atoms with Crippen molar-refractivity contribution in [3.63, 3.8) is 0 Å². The molecule has 2 fully saturated rings. The van der Waals surface area contributed by atoms with Gasteiger partial charge in [-0.25, -0.2) is 22.0 Å². The van der Waals surface area contributed by atoms with Crippen LogP contribution >= 0.6 is 0 Å². The molecule has 0 radical (unpaired) electrons. The predicted octanol–water partition coefficient (Wildman–Crippen LogP) is 2.34. The maximum absolute atomic E-state index is 12.9. The number of H-pyrrole nitrogens is 1. The van der Waals surface area contributed by atoms with Crippen LogP contribution in [0.15, 0.2) is 46.4 Å². The molecule has 9 nitrogen and oxygen atoms in total. The number of piperidine rings is 1. The van der Waals surface area contributed by atoms with Crippen molar-refractivity contribution in [1.29, 1.82) is 0 Å². The lowest BCUT2D eigenvalue weighted by molar-refractivity contribution is 0.269. The molecule has 0 atom stereocenters. The summed E-state index contributed by atoms with van der Waals surface area (Å²) in [4.78, 5) is 25.9. The lowest BCUT2D eigenvalue weighted by atomic mass is 9.91. The molecular formula is C24H31N5O4S. The van der Waals surface area contributed by atoms with Crippen molar-refractivity contribution in [2.45, 2.75) is 51.4 Å². The third-order valence-corrected chi connectivity index (χ3v) is 9.36. The van der Waals surface area contributed by atoms with Crippen LogP contribution < -0.4 is 11.2 Å². The van der Waals surface area contributed by atoms with Crippen LogP contribution in [0.1, 0.15) is 50.5 Å². The number of rotatable bonds is 6. The molecule has 182 valence electrons. The third kappa shape index (κ3) is 4.88. The van der Waals surface area contributed by atoms with Crippen molar-refractivity contribution in [3.8, 4) is 5.69 Å². The summed E-state index contributed by atoms with van der Waals surface area (Å²) in [6, 6.07) is 5.35. The minimum atomic E-state index is -3.18. The zero-order chi connectivity index (χ0) is 23.7. The Bertz CT molecular complexity index is 1380. The minimum absolute atomic E-state index is 0.308. The monoisotopic (exact) mass is 485 g/mol. The molecule has 1 aliphatic heterocycles. The smallest absolute Gasteiger partial charge is 0.274 e. The predicted molar refractivity (Wildman–Crippen MR) is 130 cm³/mol. The molecule has 1 saturated carbocycles. The number of aromatic amines is 1. The SMILES string of the molecule is O=c1ccn(-c2cnn3ccc(CC4CCN(S(=O)(=O)CC5CCCCC5)CC4)cc23)c(=O)[nH]1. The van der Waals surface area contributed by atoms with E-state index in [1.54, 1.807) is 15.0 Å². The first-order valence-electron chi connectivity index (χ1n) is 12.2. The lowest BCUT2D eigenvalue weighted by Gasteiger charge is -2.33. The maximum Gasteiger partial charge on any atom is 0.333 e. The summed E-state index contributed by atoms with van der Waals surface area (Å²) >= 11 is 0. The van der Waals surface area contributed by atoms with Crippen molar-refractivity contribution in [3.05, 3.63) is 63.2 Å². The first-order chi connectivity index (χ1) is 16.4. The van der Waals surface area contributed by atoms with Crippen LogP contribution in [0.5, 0.6) is 0 Å². The highest BCUT2D eigenvalue weighted by atomic mass is 32.2. The Morgan fingerprint density at radius 2 is 1.74 bits per heavy atom. The normalized spacial score (nSPS) is 19.1. The summed E-state index contributed by atoms with van der Waals surface area (Å²) < 4.78 is 30.6. The molecule has 34 heavy (non-hydrogen) atoms. The van der Waals surface area contributed by atoms with Gasteiger partial charge in [-0.15, -0.1) is 0 Å². The summed E-state index contributed by atoms with van der Waals surface area (Å²) in [5, 5.41) is 4.32. The fraction of sp³-hybridized carbons (Fsp3) is 0.542. The summed E-state index contributed by atoms with van der Waals surface area (Å²) in [7, 11) is -3.18. The van der Waals surface area contributed by atoms with E-state index in [-0.39, 0.29) is 0 Å². The Balaban J connectivity index is 1.25. The van der Waals surface area contributed by atoms with Gasteiger partial charge in [0.1, 0.15) is 0 Å². The van der Waals surface area contributed by atoms with Crippen LogP contribution in [0.2, 0.25) is 0 Å². The number of hydrogen-bond acceptors (Lipinski definition) is 5. The Morgan fingerprint density at radius 3 is 2.47 bits per heavy atom. The highest BCUT2D eigenvalue weighted by Crippen LogP contribution is 2.29. The molecule has 0 unspecified atom stereocenters. The van der Waals surface area contributed by atoms with Gasteiger partial charge in [-0.05, 0) is 61.6 Å². The van der Waals surface area contributed by atoms with Crippen LogP contribution in [-0.2, 0) is 16.4 Å². The summed E-state index contributed by atoms with van der Waals surface area (Å²) in [6.45, 7) is 1.18. The van der Waals surface area contributed by atoms with Crippen LogP contribution in [-0.4, -0.2) is 50.7 Å². The van der Waals surface area contributed by atoms with Gasteiger partial charge in [-0.1, -0.05) is 19.3 Å². The van der Waals surface area contributed by atoms with Gasteiger partial charge in [-0.2, -0.15) is 5.10 Å². The molecule has 1 aliphatic carbocycles. The van der Waals surface area contributed by atoms with Gasteiger partial charge in [0.05, 0.1) is 23.2 Å². The number of sulfonamides is 1. The second-order valence-electron chi connectivity index (χ2n) is 9.70. The fourth-order valence-electron chi connectivity index (χ4n) is 5.41. The van der Waals surface area contributed by atoms with E-state index in [0.717, 1.165) is 56.0 Å². The van der Waals surface area contributed by atoms with Gasteiger partial charge < -0.3 is 0 Å². The van der Waals surface area contributed by atoms with E-state index in [1.807, 2.05) is 18.3 Å². The van der Waals surface area contributed by atoms with Gasteiger partial charge >= 0.3 is 5.69 Å². The Hall–Kier alpha value is -2.72. The fourth-order valence-corrected chi connectivity index (χ4v) is 7.32. The van der Waals surface area contributed by atoms with Crippen molar-refractivity contribution >= 4 is 15.5 Å². The van der Waals surface area contributed by atoms with E-state index in [1.165, 1.54) is 23.3 Å². The number of nitrogens with zero attached hydrogens (tertiary/aromatic N) is 4. The summed E-state index contributed by atoms with van der Waals surface area (Å²) in [6.07, 6.45) is 13.1. The molecule has 0 bridgehead atoms. The van der Waals surface area contributed by atoms with Gasteiger partial charge in [-0.3, -0.25) is 14.3 Å². The van der Waals surface area contributed by atoms with E-state index in [9.17, 15) is 18.0 Å². The Morgan fingerprint density at radius 1 is 0.971 bits per heavy atom. The lowest BCUT2D eigenvalue weighted by Crippen LogP contribution is -2.41. The van der Waals surface area contributed by atoms with Crippen LogP contribution in [0.25, 0.3) is 11.2 Å². The molecule has 0 aromatic carbocycles. The van der Waals surface area contributed by atoms with Crippen LogP contribution in [0, 0.1) is 11.8 Å². The minimum Gasteiger partial charge on any atom is -0.274 e. The topological polar surface area (TPSA) is 110 Å². The quantitative estimate of drug-likeness (QED) is 0.576. The first kappa shape index (κ1) is 23.0. The molecule has 3 aromatic rings. The van der Waals surface area contributed by atoms with Gasteiger partial charge in [0.25, 0.3) is 5.56 Å². The molecule has 0 amide bonds. The molecule has 4 heterocycles. The molecule has 10 heteroatoms. The molecule has 5 rings (SSSR count). The molecule has 3 aromatic heterocycles.